The number of hydrogen-bond donors (Lipinski definition) is 2. The molecule has 4 rings (SSSR count). The van der Waals surface area contributed by atoms with Crippen molar-refractivity contribution < 1.29 is 19.5 Å². The quantitative estimate of drug-likeness (QED) is 0.479. The van der Waals surface area contributed by atoms with Crippen molar-refractivity contribution in [3.8, 4) is 11.3 Å². The molecular formula is C24H26ClN5O4. The van der Waals surface area contributed by atoms with Crippen LogP contribution in [0.4, 0.5) is 0 Å². The van der Waals surface area contributed by atoms with E-state index in [0.717, 1.165) is 5.56 Å². The summed E-state index contributed by atoms with van der Waals surface area (Å²) in [6.45, 7) is 6.34. The van der Waals surface area contributed by atoms with Gasteiger partial charge in [-0.25, -0.2) is 4.98 Å². The largest absolute Gasteiger partial charge is 0.388 e. The Morgan fingerprint density at radius 1 is 1.29 bits per heavy atom. The van der Waals surface area contributed by atoms with Crippen molar-refractivity contribution in [3.05, 3.63) is 59.5 Å². The predicted octanol–water partition coefficient (Wildman–Crippen LogP) is 1.97. The number of nitrogens with zero attached hydrogens (tertiary/aromatic N) is 4. The molecule has 2 N–H and O–H groups in total. The lowest BCUT2D eigenvalue weighted by Gasteiger charge is -2.41. The first-order valence-corrected chi connectivity index (χ1v) is 11.4. The van der Waals surface area contributed by atoms with E-state index in [1.807, 2.05) is 0 Å². The maximum absolute atomic E-state index is 12.5. The zero-order valence-electron chi connectivity index (χ0n) is 18.8. The number of hydrogen-bond acceptors (Lipinski definition) is 6. The van der Waals surface area contributed by atoms with Crippen LogP contribution in [0.5, 0.6) is 0 Å². The highest BCUT2D eigenvalue weighted by atomic mass is 35.5. The number of carbonyl (C=O) groups is 3. The average molecular weight is 484 g/mol. The molecule has 1 atom stereocenters. The molecule has 3 amide bonds. The van der Waals surface area contributed by atoms with Gasteiger partial charge in [-0.15, -0.1) is 0 Å². The molecule has 178 valence electrons. The van der Waals surface area contributed by atoms with Crippen LogP contribution in [0.2, 0.25) is 5.15 Å². The number of nitrogens with one attached hydrogen (secondary N) is 1. The molecule has 1 aliphatic carbocycles. The minimum Gasteiger partial charge on any atom is -0.388 e. The number of halogens is 1. The van der Waals surface area contributed by atoms with E-state index in [-0.39, 0.29) is 29.2 Å². The van der Waals surface area contributed by atoms with Crippen LogP contribution >= 0.6 is 11.6 Å². The summed E-state index contributed by atoms with van der Waals surface area (Å²) in [6.07, 6.45) is 4.11. The molecule has 3 heterocycles. The maximum Gasteiger partial charge on any atom is 0.269 e. The SMILES string of the molecule is C=CC(=O)N1CCN(C(C)=O)[C@@H](c2cc(Cl)nc(-c3ccnc(C(=O)NCC4(O)CC4)c3)c2)C1. The Hall–Kier alpha value is -3.30. The highest BCUT2D eigenvalue weighted by molar-refractivity contribution is 6.29. The van der Waals surface area contributed by atoms with Gasteiger partial charge in [0.15, 0.2) is 0 Å². The summed E-state index contributed by atoms with van der Waals surface area (Å²) in [5, 5.41) is 12.9. The molecule has 2 aromatic rings. The Labute approximate surface area is 202 Å². The number of piperazine rings is 1. The molecule has 0 spiro atoms. The van der Waals surface area contributed by atoms with Gasteiger partial charge in [-0.2, -0.15) is 0 Å². The molecule has 0 radical (unpaired) electrons. The van der Waals surface area contributed by atoms with Gasteiger partial charge in [0.05, 0.1) is 17.3 Å². The molecule has 0 aromatic carbocycles. The van der Waals surface area contributed by atoms with Crippen LogP contribution in [0, 0.1) is 0 Å². The summed E-state index contributed by atoms with van der Waals surface area (Å²) in [5.74, 6) is -0.697. The first-order valence-electron chi connectivity index (χ1n) is 11.0. The lowest BCUT2D eigenvalue weighted by atomic mass is 10.0. The molecule has 9 nitrogen and oxygen atoms in total. The monoisotopic (exact) mass is 483 g/mol. The predicted molar refractivity (Wildman–Crippen MR) is 126 cm³/mol. The molecule has 2 fully saturated rings. The van der Waals surface area contributed by atoms with Crippen LogP contribution in [-0.2, 0) is 9.59 Å². The Balaban J connectivity index is 1.62. The average Bonchev–Trinajstić information content (AvgIpc) is 3.58. The summed E-state index contributed by atoms with van der Waals surface area (Å²) < 4.78 is 0. The van der Waals surface area contributed by atoms with Gasteiger partial charge in [0.2, 0.25) is 11.8 Å². The molecule has 0 unspecified atom stereocenters. The van der Waals surface area contributed by atoms with Gasteiger partial charge in [-0.3, -0.25) is 19.4 Å². The van der Waals surface area contributed by atoms with E-state index < -0.39 is 17.6 Å². The Morgan fingerprint density at radius 3 is 2.74 bits per heavy atom. The van der Waals surface area contributed by atoms with Crippen LogP contribution in [0.3, 0.4) is 0 Å². The molecule has 10 heteroatoms. The molecule has 34 heavy (non-hydrogen) atoms. The van der Waals surface area contributed by atoms with Crippen LogP contribution in [0.1, 0.15) is 41.9 Å². The van der Waals surface area contributed by atoms with Crippen LogP contribution in [-0.4, -0.2) is 74.4 Å². The second-order valence-electron chi connectivity index (χ2n) is 8.66. The summed E-state index contributed by atoms with van der Waals surface area (Å²) in [7, 11) is 0. The highest BCUT2D eigenvalue weighted by Crippen LogP contribution is 2.34. The van der Waals surface area contributed by atoms with Gasteiger partial charge in [0.25, 0.3) is 5.91 Å². The smallest absolute Gasteiger partial charge is 0.269 e. The molecule has 1 saturated heterocycles. The fourth-order valence-electron chi connectivity index (χ4n) is 4.00. The molecule has 0 bridgehead atoms. The van der Waals surface area contributed by atoms with Crippen LogP contribution in [0.25, 0.3) is 11.3 Å². The number of aromatic nitrogens is 2. The topological polar surface area (TPSA) is 116 Å². The molecule has 1 aliphatic heterocycles. The minimum absolute atomic E-state index is 0.106. The zero-order valence-corrected chi connectivity index (χ0v) is 19.6. The normalized spacial score (nSPS) is 18.9. The van der Waals surface area contributed by atoms with E-state index in [0.29, 0.717) is 43.7 Å². The van der Waals surface area contributed by atoms with Crippen molar-refractivity contribution in [2.75, 3.05) is 26.2 Å². The van der Waals surface area contributed by atoms with E-state index in [4.69, 9.17) is 11.6 Å². The lowest BCUT2D eigenvalue weighted by molar-refractivity contribution is -0.139. The van der Waals surface area contributed by atoms with Crippen molar-refractivity contribution in [3.63, 3.8) is 0 Å². The fourth-order valence-corrected chi connectivity index (χ4v) is 4.22. The van der Waals surface area contributed by atoms with E-state index in [9.17, 15) is 19.5 Å². The Bertz CT molecular complexity index is 1150. The first kappa shape index (κ1) is 23.8. The number of aliphatic hydroxyl groups is 1. The number of rotatable bonds is 6. The van der Waals surface area contributed by atoms with E-state index >= 15 is 0 Å². The lowest BCUT2D eigenvalue weighted by Crippen LogP contribution is -2.51. The third-order valence-electron chi connectivity index (χ3n) is 6.17. The number of pyridine rings is 2. The van der Waals surface area contributed by atoms with Crippen LogP contribution in [0.15, 0.2) is 43.1 Å². The van der Waals surface area contributed by atoms with Crippen LogP contribution < -0.4 is 5.32 Å². The number of amides is 3. The zero-order chi connectivity index (χ0) is 24.5. The standard InChI is InChI=1S/C24H26ClN5O4/c1-3-22(32)29-8-9-30(15(2)31)20(13-29)17-11-18(28-21(25)12-17)16-4-7-26-19(10-16)23(33)27-14-24(34)5-6-24/h3-4,7,10-12,20,34H,1,5-6,8-9,13-14H2,2H3,(H,27,33)/t20-/m1/s1. The Kier molecular flexibility index (Phi) is 6.67. The van der Waals surface area contributed by atoms with Crippen molar-refractivity contribution >= 4 is 29.3 Å². The minimum atomic E-state index is -0.805. The van der Waals surface area contributed by atoms with Gasteiger partial charge in [-0.05, 0) is 48.7 Å². The van der Waals surface area contributed by atoms with E-state index in [2.05, 4.69) is 21.9 Å². The van der Waals surface area contributed by atoms with Crippen molar-refractivity contribution in [2.45, 2.75) is 31.4 Å². The second-order valence-corrected chi connectivity index (χ2v) is 9.05. The first-order chi connectivity index (χ1) is 16.2. The number of carbonyl (C=O) groups excluding carboxylic acids is 3. The van der Waals surface area contributed by atoms with Crippen molar-refractivity contribution in [1.82, 2.24) is 25.1 Å². The fraction of sp³-hybridized carbons (Fsp3) is 0.375. The Morgan fingerprint density at radius 2 is 2.06 bits per heavy atom. The molecule has 2 aromatic heterocycles. The maximum atomic E-state index is 12.5. The van der Waals surface area contributed by atoms with Gasteiger partial charge in [0, 0.05) is 44.9 Å². The van der Waals surface area contributed by atoms with Gasteiger partial charge in [-0.1, -0.05) is 18.2 Å². The van der Waals surface area contributed by atoms with Crippen molar-refractivity contribution in [1.29, 1.82) is 0 Å². The summed E-state index contributed by atoms with van der Waals surface area (Å²) >= 11 is 6.35. The molecule has 1 saturated carbocycles. The third kappa shape index (κ3) is 5.26. The summed E-state index contributed by atoms with van der Waals surface area (Å²) in [5.41, 5.74) is 1.25. The van der Waals surface area contributed by atoms with Gasteiger partial charge in [0.1, 0.15) is 10.8 Å². The van der Waals surface area contributed by atoms with Gasteiger partial charge < -0.3 is 20.2 Å². The van der Waals surface area contributed by atoms with Gasteiger partial charge >= 0.3 is 0 Å². The third-order valence-corrected chi connectivity index (χ3v) is 6.36. The van der Waals surface area contributed by atoms with E-state index in [1.54, 1.807) is 34.1 Å². The molecule has 2 aliphatic rings. The highest BCUT2D eigenvalue weighted by Gasteiger charge is 2.40. The molecular weight excluding hydrogens is 458 g/mol. The second kappa shape index (κ2) is 9.52. The summed E-state index contributed by atoms with van der Waals surface area (Å²) in [6, 6.07) is 6.39. The van der Waals surface area contributed by atoms with Crippen molar-refractivity contribution in [2.24, 2.45) is 0 Å². The summed E-state index contributed by atoms with van der Waals surface area (Å²) in [4.78, 5) is 48.9. The van der Waals surface area contributed by atoms with E-state index in [1.165, 1.54) is 19.2 Å².